The van der Waals surface area contributed by atoms with Gasteiger partial charge in [0.1, 0.15) is 0 Å². The third-order valence-corrected chi connectivity index (χ3v) is 5.48. The highest BCUT2D eigenvalue weighted by Gasteiger charge is 2.12. The van der Waals surface area contributed by atoms with E-state index >= 15 is 0 Å². The highest BCUT2D eigenvalue weighted by Crippen LogP contribution is 2.29. The Morgan fingerprint density at radius 1 is 0.781 bits per heavy atom. The Bertz CT molecular complexity index is 917. The molecule has 2 heteroatoms. The Morgan fingerprint density at radius 3 is 1.78 bits per heavy atom. The molecule has 0 saturated heterocycles. The zero-order valence-corrected chi connectivity index (χ0v) is 21.8. The molecule has 0 aromatic heterocycles. The van der Waals surface area contributed by atoms with Gasteiger partial charge >= 0.3 is 0 Å². The van der Waals surface area contributed by atoms with E-state index in [1.54, 1.807) is 0 Å². The molecule has 0 atom stereocenters. The van der Waals surface area contributed by atoms with Crippen LogP contribution in [0.1, 0.15) is 77.6 Å². The minimum Gasteiger partial charge on any atom is -0.359 e. The minimum absolute atomic E-state index is 0.613. The second-order valence-electron chi connectivity index (χ2n) is 10.5. The molecule has 0 bridgehead atoms. The van der Waals surface area contributed by atoms with Gasteiger partial charge in [-0.15, -0.1) is 0 Å². The Kier molecular flexibility index (Phi) is 9.75. The van der Waals surface area contributed by atoms with Gasteiger partial charge in [-0.25, -0.2) is 0 Å². The average Bonchev–Trinajstić information content (AvgIpc) is 2.65. The molecule has 0 aliphatic rings. The number of benzene rings is 2. The molecular weight excluding hydrogens is 388 g/mol. The van der Waals surface area contributed by atoms with E-state index in [1.165, 1.54) is 27.9 Å². The molecular formula is C30H44N2. The molecule has 2 aromatic rings. The average molecular weight is 433 g/mol. The highest BCUT2D eigenvalue weighted by atomic mass is 14.9. The van der Waals surface area contributed by atoms with Gasteiger partial charge in [-0.1, -0.05) is 77.9 Å². The molecule has 2 rings (SSSR count). The number of allylic oxidation sites excluding steroid dienone is 2. The van der Waals surface area contributed by atoms with E-state index in [1.807, 2.05) is 0 Å². The zero-order chi connectivity index (χ0) is 23.8. The van der Waals surface area contributed by atoms with Crippen LogP contribution >= 0.6 is 0 Å². The van der Waals surface area contributed by atoms with Crippen LogP contribution in [-0.2, 0) is 19.3 Å². The number of anilines is 1. The van der Waals surface area contributed by atoms with Crippen molar-refractivity contribution in [2.75, 3.05) is 5.32 Å². The van der Waals surface area contributed by atoms with Crippen molar-refractivity contribution in [2.24, 2.45) is 22.7 Å². The predicted molar refractivity (Wildman–Crippen MR) is 143 cm³/mol. The first-order chi connectivity index (χ1) is 15.1. The minimum atomic E-state index is 0.613. The summed E-state index contributed by atoms with van der Waals surface area (Å²) < 4.78 is 0. The highest BCUT2D eigenvalue weighted by molar-refractivity contribution is 5.96. The monoisotopic (exact) mass is 432 g/mol. The molecule has 1 N–H and O–H groups in total. The van der Waals surface area contributed by atoms with E-state index in [0.717, 1.165) is 36.4 Å². The maximum absolute atomic E-state index is 5.04. The Balaban J connectivity index is 2.37. The molecule has 2 nitrogen and oxygen atoms in total. The fourth-order valence-corrected chi connectivity index (χ4v) is 4.27. The third-order valence-electron chi connectivity index (χ3n) is 5.48. The van der Waals surface area contributed by atoms with Crippen LogP contribution in [0.4, 0.5) is 11.4 Å². The summed E-state index contributed by atoms with van der Waals surface area (Å²) in [6, 6.07) is 13.3. The van der Waals surface area contributed by atoms with Crippen LogP contribution in [0.25, 0.3) is 0 Å². The van der Waals surface area contributed by atoms with Gasteiger partial charge in [-0.3, -0.25) is 4.99 Å². The van der Waals surface area contributed by atoms with Gasteiger partial charge in [0.05, 0.1) is 5.69 Å². The second kappa shape index (κ2) is 12.0. The van der Waals surface area contributed by atoms with E-state index in [2.05, 4.69) is 110 Å². The molecule has 0 aliphatic carbocycles. The van der Waals surface area contributed by atoms with E-state index in [-0.39, 0.29) is 0 Å². The normalized spacial score (nSPS) is 12.9. The van der Waals surface area contributed by atoms with Crippen molar-refractivity contribution in [1.29, 1.82) is 0 Å². The van der Waals surface area contributed by atoms with Crippen LogP contribution in [0.5, 0.6) is 0 Å². The molecule has 0 spiro atoms. The Labute approximate surface area is 197 Å². The number of para-hydroxylation sites is 2. The maximum Gasteiger partial charge on any atom is 0.0694 e. The number of hydrogen-bond donors (Lipinski definition) is 1. The Morgan fingerprint density at radius 2 is 1.25 bits per heavy atom. The molecule has 0 saturated carbocycles. The summed E-state index contributed by atoms with van der Waals surface area (Å²) in [7, 11) is 0. The van der Waals surface area contributed by atoms with E-state index in [9.17, 15) is 0 Å². The van der Waals surface area contributed by atoms with Gasteiger partial charge in [0, 0.05) is 17.1 Å². The van der Waals surface area contributed by atoms with E-state index in [0.29, 0.717) is 17.8 Å². The van der Waals surface area contributed by atoms with Gasteiger partial charge in [0.25, 0.3) is 0 Å². The summed E-state index contributed by atoms with van der Waals surface area (Å²) >= 11 is 0. The molecule has 0 heterocycles. The first-order valence-electron chi connectivity index (χ1n) is 12.3. The summed E-state index contributed by atoms with van der Waals surface area (Å²) in [5, 5.41) is 3.75. The molecule has 0 radical (unpaired) electrons. The molecule has 0 amide bonds. The molecule has 0 fully saturated rings. The van der Waals surface area contributed by atoms with Gasteiger partial charge in [-0.05, 0) is 86.1 Å². The van der Waals surface area contributed by atoms with E-state index in [4.69, 9.17) is 4.99 Å². The predicted octanol–water partition coefficient (Wildman–Crippen LogP) is 8.70. The van der Waals surface area contributed by atoms with E-state index < -0.39 is 0 Å². The van der Waals surface area contributed by atoms with Crippen molar-refractivity contribution in [3.05, 3.63) is 70.4 Å². The molecule has 2 aromatic carbocycles. The molecule has 0 unspecified atom stereocenters. The van der Waals surface area contributed by atoms with Gasteiger partial charge < -0.3 is 5.32 Å². The van der Waals surface area contributed by atoms with Crippen LogP contribution in [0.2, 0.25) is 0 Å². The van der Waals surface area contributed by atoms with Crippen molar-refractivity contribution in [2.45, 2.75) is 81.6 Å². The van der Waals surface area contributed by atoms with Crippen LogP contribution in [0.15, 0.2) is 53.2 Å². The third kappa shape index (κ3) is 7.97. The molecule has 0 aliphatic heterocycles. The van der Waals surface area contributed by atoms with Gasteiger partial charge in [0.15, 0.2) is 0 Å². The van der Waals surface area contributed by atoms with Crippen molar-refractivity contribution in [1.82, 2.24) is 0 Å². The second-order valence-corrected chi connectivity index (χ2v) is 10.5. The molecule has 32 heavy (non-hydrogen) atoms. The van der Waals surface area contributed by atoms with Gasteiger partial charge in [-0.2, -0.15) is 0 Å². The maximum atomic E-state index is 5.04. The van der Waals surface area contributed by atoms with Crippen LogP contribution in [0.3, 0.4) is 0 Å². The summed E-state index contributed by atoms with van der Waals surface area (Å²) in [6.07, 6.45) is 5.39. The summed E-state index contributed by atoms with van der Waals surface area (Å²) in [4.78, 5) is 5.04. The van der Waals surface area contributed by atoms with Crippen molar-refractivity contribution in [3.8, 4) is 0 Å². The first-order valence-corrected chi connectivity index (χ1v) is 12.3. The molecule has 174 valence electrons. The smallest absolute Gasteiger partial charge is 0.0694 e. The van der Waals surface area contributed by atoms with Gasteiger partial charge in [0.2, 0.25) is 0 Å². The largest absolute Gasteiger partial charge is 0.359 e. The summed E-state index contributed by atoms with van der Waals surface area (Å²) in [5.74, 6) is 1.86. The lowest BCUT2D eigenvalue weighted by Crippen LogP contribution is -2.08. The summed E-state index contributed by atoms with van der Waals surface area (Å²) in [6.45, 7) is 20.1. The van der Waals surface area contributed by atoms with Crippen LogP contribution < -0.4 is 5.32 Å². The standard InChI is InChI=1S/C30H44N2/c1-20(2)16-26-13-10-12-23(7)29(26)31-24(8)19-25(9)32-30-27(17-21(3)4)14-11-15-28(30)18-22(5)6/h10-15,19-22,32H,16-18H2,1-9H3/b25-19-,31-24?. The van der Waals surface area contributed by atoms with Crippen LogP contribution in [0, 0.1) is 24.7 Å². The number of aryl methyl sites for hydroxylation is 1. The number of aliphatic imine (C=N–C) groups is 1. The fourth-order valence-electron chi connectivity index (χ4n) is 4.27. The van der Waals surface area contributed by atoms with Crippen molar-refractivity contribution >= 4 is 17.1 Å². The first kappa shape index (κ1) is 25.9. The topological polar surface area (TPSA) is 24.4 Å². The lowest BCUT2D eigenvalue weighted by Gasteiger charge is -2.19. The fraction of sp³-hybridized carbons (Fsp3) is 0.500. The van der Waals surface area contributed by atoms with Crippen molar-refractivity contribution in [3.63, 3.8) is 0 Å². The Hall–Kier alpha value is -2.35. The lowest BCUT2D eigenvalue weighted by molar-refractivity contribution is 0.637. The zero-order valence-electron chi connectivity index (χ0n) is 21.8. The number of hydrogen-bond acceptors (Lipinski definition) is 2. The quantitative estimate of drug-likeness (QED) is 0.373. The van der Waals surface area contributed by atoms with Crippen molar-refractivity contribution < 1.29 is 0 Å². The van der Waals surface area contributed by atoms with Crippen LogP contribution in [-0.4, -0.2) is 5.71 Å². The number of nitrogens with zero attached hydrogens (tertiary/aromatic N) is 1. The summed E-state index contributed by atoms with van der Waals surface area (Å²) in [5.41, 5.74) is 9.95. The number of rotatable bonds is 10. The number of nitrogens with one attached hydrogen (secondary N) is 1. The SMILES string of the molecule is CC(/C=C(/C)Nc1c(CC(C)C)cccc1CC(C)C)=Nc1c(C)cccc1CC(C)C. The lowest BCUT2D eigenvalue weighted by atomic mass is 9.94.